The number of rotatable bonds is 6. The van der Waals surface area contributed by atoms with Crippen molar-refractivity contribution in [3.63, 3.8) is 0 Å². The lowest BCUT2D eigenvalue weighted by molar-refractivity contribution is -0.134. The average molecular weight is 414 g/mol. The molecule has 1 unspecified atom stereocenters. The van der Waals surface area contributed by atoms with Crippen LogP contribution in [0.2, 0.25) is 0 Å². The topological polar surface area (TPSA) is 81.9 Å². The third-order valence-electron chi connectivity index (χ3n) is 6.85. The van der Waals surface area contributed by atoms with Gasteiger partial charge < -0.3 is 15.5 Å². The molecule has 1 atom stereocenters. The molecule has 3 fully saturated rings. The zero-order valence-corrected chi connectivity index (χ0v) is 17.9. The molecule has 3 aliphatic heterocycles. The van der Waals surface area contributed by atoms with Gasteiger partial charge in [-0.15, -0.1) is 0 Å². The van der Waals surface area contributed by atoms with Crippen LogP contribution in [0.15, 0.2) is 24.3 Å². The molecule has 0 aliphatic carbocycles. The fourth-order valence-corrected chi connectivity index (χ4v) is 4.85. The number of piperazine rings is 1. The van der Waals surface area contributed by atoms with Crippen molar-refractivity contribution in [3.05, 3.63) is 29.8 Å². The van der Waals surface area contributed by atoms with Gasteiger partial charge in [0.15, 0.2) is 0 Å². The summed E-state index contributed by atoms with van der Waals surface area (Å²) in [5, 5.41) is 2.45. The zero-order valence-electron chi connectivity index (χ0n) is 17.9. The van der Waals surface area contributed by atoms with E-state index in [0.717, 1.165) is 57.7 Å². The van der Waals surface area contributed by atoms with E-state index in [1.54, 1.807) is 0 Å². The minimum Gasteiger partial charge on any atom is -0.369 e. The van der Waals surface area contributed by atoms with Gasteiger partial charge in [0.1, 0.15) is 0 Å². The number of nitrogens with two attached hydrogens (primary N) is 1. The number of carbonyl (C=O) groups excluding carboxylic acids is 2. The highest BCUT2D eigenvalue weighted by molar-refractivity contribution is 6.00. The predicted octanol–water partition coefficient (Wildman–Crippen LogP) is 1.14. The summed E-state index contributed by atoms with van der Waals surface area (Å²) in [7, 11) is 0. The van der Waals surface area contributed by atoms with Gasteiger partial charge in [0.2, 0.25) is 11.8 Å². The van der Waals surface area contributed by atoms with Crippen molar-refractivity contribution in [2.75, 3.05) is 57.3 Å². The Morgan fingerprint density at radius 2 is 1.50 bits per heavy atom. The molecule has 1 aromatic carbocycles. The monoisotopic (exact) mass is 413 g/mol. The van der Waals surface area contributed by atoms with E-state index in [4.69, 9.17) is 5.73 Å². The van der Waals surface area contributed by atoms with E-state index < -0.39 is 0 Å². The third kappa shape index (κ3) is 5.39. The van der Waals surface area contributed by atoms with E-state index in [2.05, 4.69) is 32.1 Å². The number of nitrogens with one attached hydrogen (secondary N) is 1. The Bertz CT molecular complexity index is 722. The smallest absolute Gasteiger partial charge is 0.234 e. The number of hydrogen-bond donors (Lipinski definition) is 2. The van der Waals surface area contributed by atoms with E-state index in [-0.39, 0.29) is 17.7 Å². The maximum Gasteiger partial charge on any atom is 0.234 e. The lowest BCUT2D eigenvalue weighted by Crippen LogP contribution is -2.47. The molecular weight excluding hydrogens is 378 g/mol. The summed E-state index contributed by atoms with van der Waals surface area (Å²) in [5.74, 6) is -0.532. The van der Waals surface area contributed by atoms with Gasteiger partial charge in [0.05, 0.1) is 5.92 Å². The lowest BCUT2D eigenvalue weighted by atomic mass is 9.90. The van der Waals surface area contributed by atoms with Crippen molar-refractivity contribution in [3.8, 4) is 0 Å². The van der Waals surface area contributed by atoms with Gasteiger partial charge in [-0.05, 0) is 69.6 Å². The first kappa shape index (κ1) is 21.3. The van der Waals surface area contributed by atoms with Crippen LogP contribution in [0.4, 0.5) is 5.69 Å². The zero-order chi connectivity index (χ0) is 20.9. The van der Waals surface area contributed by atoms with Crippen molar-refractivity contribution >= 4 is 17.5 Å². The normalized spacial score (nSPS) is 24.8. The Labute approximate surface area is 179 Å². The Kier molecular flexibility index (Phi) is 7.02. The van der Waals surface area contributed by atoms with E-state index >= 15 is 0 Å². The van der Waals surface area contributed by atoms with Crippen LogP contribution in [0.25, 0.3) is 0 Å². The molecule has 3 heterocycles. The molecule has 3 saturated heterocycles. The Balaban J connectivity index is 1.19. The molecule has 0 spiro atoms. The van der Waals surface area contributed by atoms with E-state index in [1.165, 1.54) is 25.2 Å². The van der Waals surface area contributed by atoms with Crippen molar-refractivity contribution in [1.29, 1.82) is 0 Å². The highest BCUT2D eigenvalue weighted by Gasteiger charge is 2.28. The quantitative estimate of drug-likeness (QED) is 0.681. The maximum atomic E-state index is 12.1. The molecular formula is C23H35N5O2. The molecule has 1 aromatic rings. The maximum absolute atomic E-state index is 12.1. The first-order valence-corrected chi connectivity index (χ1v) is 11.5. The molecule has 0 bridgehead atoms. The van der Waals surface area contributed by atoms with Crippen LogP contribution in [-0.4, -0.2) is 80.0 Å². The molecule has 4 rings (SSSR count). The SMILES string of the molecule is NC1CCN(CCCN2CCN(c3ccc(C4CCC(=O)NC4=O)cc3)CC2)CC1. The summed E-state index contributed by atoms with van der Waals surface area (Å²) in [6, 6.07) is 8.75. The minimum atomic E-state index is -0.204. The molecule has 3 N–H and O–H groups in total. The Hall–Kier alpha value is -1.96. The molecule has 164 valence electrons. The number of anilines is 1. The molecule has 7 nitrogen and oxygen atoms in total. The van der Waals surface area contributed by atoms with Gasteiger partial charge in [0, 0.05) is 44.3 Å². The minimum absolute atomic E-state index is 0.161. The number of nitrogens with zero attached hydrogens (tertiary/aromatic N) is 3. The predicted molar refractivity (Wildman–Crippen MR) is 118 cm³/mol. The Morgan fingerprint density at radius 1 is 0.867 bits per heavy atom. The van der Waals surface area contributed by atoms with Crippen LogP contribution in [-0.2, 0) is 9.59 Å². The van der Waals surface area contributed by atoms with Crippen LogP contribution in [0.3, 0.4) is 0 Å². The van der Waals surface area contributed by atoms with Gasteiger partial charge in [-0.3, -0.25) is 19.8 Å². The number of carbonyl (C=O) groups is 2. The first-order valence-electron chi connectivity index (χ1n) is 11.5. The molecule has 7 heteroatoms. The summed E-state index contributed by atoms with van der Waals surface area (Å²) in [5.41, 5.74) is 8.21. The largest absolute Gasteiger partial charge is 0.369 e. The van der Waals surface area contributed by atoms with Crippen molar-refractivity contribution < 1.29 is 9.59 Å². The van der Waals surface area contributed by atoms with Gasteiger partial charge >= 0.3 is 0 Å². The van der Waals surface area contributed by atoms with E-state index in [0.29, 0.717) is 18.9 Å². The van der Waals surface area contributed by atoms with Crippen LogP contribution in [0.1, 0.15) is 43.6 Å². The summed E-state index contributed by atoms with van der Waals surface area (Å²) in [4.78, 5) is 31.0. The van der Waals surface area contributed by atoms with Gasteiger partial charge in [-0.25, -0.2) is 0 Å². The number of hydrogen-bond acceptors (Lipinski definition) is 6. The molecule has 0 radical (unpaired) electrons. The summed E-state index contributed by atoms with van der Waals surface area (Å²) >= 11 is 0. The third-order valence-corrected chi connectivity index (χ3v) is 6.85. The fraction of sp³-hybridized carbons (Fsp3) is 0.652. The van der Waals surface area contributed by atoms with Crippen LogP contribution < -0.4 is 16.0 Å². The number of imide groups is 1. The van der Waals surface area contributed by atoms with Crippen LogP contribution in [0, 0.1) is 0 Å². The molecule has 30 heavy (non-hydrogen) atoms. The highest BCUT2D eigenvalue weighted by atomic mass is 16.2. The number of benzene rings is 1. The van der Waals surface area contributed by atoms with Gasteiger partial charge in [-0.1, -0.05) is 12.1 Å². The Morgan fingerprint density at radius 3 is 2.13 bits per heavy atom. The number of piperidine rings is 2. The van der Waals surface area contributed by atoms with Crippen molar-refractivity contribution in [2.24, 2.45) is 5.73 Å². The molecule has 3 aliphatic rings. The second-order valence-electron chi connectivity index (χ2n) is 8.96. The number of likely N-dealkylation sites (tertiary alicyclic amines) is 1. The van der Waals surface area contributed by atoms with Gasteiger partial charge in [0.25, 0.3) is 0 Å². The van der Waals surface area contributed by atoms with Crippen molar-refractivity contribution in [2.45, 2.75) is 44.1 Å². The average Bonchev–Trinajstić information content (AvgIpc) is 2.76. The molecule has 2 amide bonds. The second-order valence-corrected chi connectivity index (χ2v) is 8.96. The standard InChI is InChI=1S/C23H35N5O2/c24-19-8-12-26(13-9-19)10-1-11-27-14-16-28(17-15-27)20-4-2-18(3-5-20)21-6-7-22(29)25-23(21)30/h2-5,19,21H,1,6-17,24H2,(H,25,29,30). The first-order chi connectivity index (χ1) is 14.6. The van der Waals surface area contributed by atoms with E-state index in [1.807, 2.05) is 12.1 Å². The highest BCUT2D eigenvalue weighted by Crippen LogP contribution is 2.27. The van der Waals surface area contributed by atoms with E-state index in [9.17, 15) is 9.59 Å². The molecule has 0 saturated carbocycles. The number of amides is 2. The summed E-state index contributed by atoms with van der Waals surface area (Å²) < 4.78 is 0. The van der Waals surface area contributed by atoms with Gasteiger partial charge in [-0.2, -0.15) is 0 Å². The fourth-order valence-electron chi connectivity index (χ4n) is 4.85. The van der Waals surface area contributed by atoms with Crippen LogP contribution in [0.5, 0.6) is 0 Å². The van der Waals surface area contributed by atoms with Crippen molar-refractivity contribution in [1.82, 2.24) is 15.1 Å². The summed E-state index contributed by atoms with van der Waals surface area (Å²) in [6.07, 6.45) is 4.54. The van der Waals surface area contributed by atoms with Crippen LogP contribution >= 0.6 is 0 Å². The summed E-state index contributed by atoms with van der Waals surface area (Å²) in [6.45, 7) is 8.94. The molecule has 0 aromatic heterocycles. The lowest BCUT2D eigenvalue weighted by Gasteiger charge is -2.37. The second kappa shape index (κ2) is 9.90.